The highest BCUT2D eigenvalue weighted by Crippen LogP contribution is 2.34. The third kappa shape index (κ3) is 4.73. The van der Waals surface area contributed by atoms with Crippen LogP contribution in [0, 0.1) is 6.92 Å². The van der Waals surface area contributed by atoms with Crippen molar-refractivity contribution in [3.05, 3.63) is 65.6 Å². The molecule has 1 aromatic carbocycles. The van der Waals surface area contributed by atoms with Crippen LogP contribution in [0.2, 0.25) is 0 Å². The van der Waals surface area contributed by atoms with Gasteiger partial charge in [-0.25, -0.2) is 13.4 Å². The maximum atomic E-state index is 13.0. The molecule has 166 valence electrons. The van der Waals surface area contributed by atoms with Crippen molar-refractivity contribution in [2.75, 3.05) is 6.54 Å². The molecule has 1 N–H and O–H groups in total. The lowest BCUT2D eigenvalue weighted by Gasteiger charge is -2.25. The lowest BCUT2D eigenvalue weighted by atomic mass is 10.1. The molecule has 0 radical (unpaired) electrons. The Morgan fingerprint density at radius 2 is 1.87 bits per heavy atom. The number of carbonyl (C=O) groups is 1. The van der Waals surface area contributed by atoms with E-state index in [0.717, 1.165) is 23.8 Å². The molecule has 0 atom stereocenters. The summed E-state index contributed by atoms with van der Waals surface area (Å²) in [5.74, 6) is -0.464. The van der Waals surface area contributed by atoms with E-state index in [4.69, 9.17) is 0 Å². The zero-order valence-electron chi connectivity index (χ0n) is 17.2. The second kappa shape index (κ2) is 7.99. The van der Waals surface area contributed by atoms with Gasteiger partial charge in [-0.3, -0.25) is 4.79 Å². The number of rotatable bonds is 6. The first kappa shape index (κ1) is 22.8. The van der Waals surface area contributed by atoms with Crippen molar-refractivity contribution in [2.24, 2.45) is 0 Å². The molecule has 10 heteroatoms. The van der Waals surface area contributed by atoms with Crippen LogP contribution in [0.15, 0.2) is 53.7 Å². The van der Waals surface area contributed by atoms with E-state index in [1.165, 1.54) is 13.8 Å². The van der Waals surface area contributed by atoms with Crippen molar-refractivity contribution in [1.82, 2.24) is 14.7 Å². The van der Waals surface area contributed by atoms with Crippen molar-refractivity contribution in [1.29, 1.82) is 0 Å². The molecule has 3 rings (SSSR count). The number of nitrogens with zero attached hydrogens (tertiary/aromatic N) is 2. The van der Waals surface area contributed by atoms with E-state index in [1.807, 2.05) is 19.1 Å². The number of imidazole rings is 1. The molecule has 2 heterocycles. The average molecular weight is 453 g/mol. The summed E-state index contributed by atoms with van der Waals surface area (Å²) in [6, 6.07) is 7.36. The summed E-state index contributed by atoms with van der Waals surface area (Å²) in [5, 5.41) is 2.63. The minimum atomic E-state index is -4.64. The molecule has 2 aromatic heterocycles. The van der Waals surface area contributed by atoms with Gasteiger partial charge in [-0.2, -0.15) is 13.2 Å². The lowest BCUT2D eigenvalue weighted by molar-refractivity contribution is -0.137. The number of pyridine rings is 1. The van der Waals surface area contributed by atoms with Crippen LogP contribution in [0.25, 0.3) is 5.65 Å². The van der Waals surface area contributed by atoms with Gasteiger partial charge in [-0.05, 0) is 63.1 Å². The maximum Gasteiger partial charge on any atom is 0.416 e. The average Bonchev–Trinajstić information content (AvgIpc) is 3.10. The monoisotopic (exact) mass is 453 g/mol. The Bertz CT molecular complexity index is 1230. The predicted octanol–water partition coefficient (Wildman–Crippen LogP) is 4.03. The minimum absolute atomic E-state index is 0.00377. The molecule has 0 fully saturated rings. The van der Waals surface area contributed by atoms with E-state index in [2.05, 4.69) is 10.3 Å². The van der Waals surface area contributed by atoms with Crippen molar-refractivity contribution in [3.8, 4) is 0 Å². The lowest BCUT2D eigenvalue weighted by Crippen LogP contribution is -2.37. The van der Waals surface area contributed by atoms with Gasteiger partial charge in [0, 0.05) is 18.9 Å². The van der Waals surface area contributed by atoms with E-state index in [9.17, 15) is 26.4 Å². The van der Waals surface area contributed by atoms with Gasteiger partial charge in [0.2, 0.25) is 0 Å². The Morgan fingerprint density at radius 1 is 1.16 bits per heavy atom. The molecule has 3 aromatic rings. The normalized spacial score (nSPS) is 12.8. The number of sulfone groups is 1. The summed E-state index contributed by atoms with van der Waals surface area (Å²) < 4.78 is 65.0. The van der Waals surface area contributed by atoms with Crippen molar-refractivity contribution in [2.45, 2.75) is 43.0 Å². The van der Waals surface area contributed by atoms with Crippen molar-refractivity contribution in [3.63, 3.8) is 0 Å². The first-order valence-electron chi connectivity index (χ1n) is 9.47. The number of aryl methyl sites for hydroxylation is 1. The Morgan fingerprint density at radius 3 is 2.55 bits per heavy atom. The van der Waals surface area contributed by atoms with Gasteiger partial charge in [0.15, 0.2) is 9.84 Å². The number of hydrogen-bond donors (Lipinski definition) is 1. The fraction of sp³-hybridized carbons (Fsp3) is 0.333. The zero-order chi connectivity index (χ0) is 23.0. The van der Waals surface area contributed by atoms with E-state index < -0.39 is 37.1 Å². The Kier molecular flexibility index (Phi) is 5.88. The first-order chi connectivity index (χ1) is 14.3. The third-order valence-electron chi connectivity index (χ3n) is 5.06. The van der Waals surface area contributed by atoms with E-state index in [-0.39, 0.29) is 18.7 Å². The quantitative estimate of drug-likeness (QED) is 0.611. The first-order valence-corrected chi connectivity index (χ1v) is 10.9. The highest BCUT2D eigenvalue weighted by Gasteiger charge is 2.38. The van der Waals surface area contributed by atoms with Crippen LogP contribution in [-0.4, -0.2) is 35.0 Å². The van der Waals surface area contributed by atoms with E-state index >= 15 is 0 Å². The zero-order valence-corrected chi connectivity index (χ0v) is 18.0. The minimum Gasteiger partial charge on any atom is -0.351 e. The molecule has 0 saturated carbocycles. The molecule has 1 amide bonds. The standard InChI is InChI=1S/C21H22F3N3O3S/c1-14-7-10-27-13-17(26-18(27)11-14)19(28)25-9-8-20(2,3)31(29,30)16-6-4-5-15(12-16)21(22,23)24/h4-7,10-13H,8-9H2,1-3H3,(H,25,28). The van der Waals surface area contributed by atoms with Crippen LogP contribution in [0.1, 0.15) is 41.9 Å². The molecule has 0 unspecified atom stereocenters. The summed E-state index contributed by atoms with van der Waals surface area (Å²) in [6.07, 6.45) is -1.30. The Balaban J connectivity index is 1.70. The van der Waals surface area contributed by atoms with Crippen LogP contribution >= 0.6 is 0 Å². The van der Waals surface area contributed by atoms with Gasteiger partial charge in [-0.15, -0.1) is 0 Å². The molecule has 0 spiro atoms. The second-order valence-electron chi connectivity index (χ2n) is 7.89. The molecule has 0 aliphatic carbocycles. The smallest absolute Gasteiger partial charge is 0.351 e. The van der Waals surface area contributed by atoms with Gasteiger partial charge in [0.25, 0.3) is 5.91 Å². The summed E-state index contributed by atoms with van der Waals surface area (Å²) in [4.78, 5) is 16.2. The van der Waals surface area contributed by atoms with Gasteiger partial charge < -0.3 is 9.72 Å². The maximum absolute atomic E-state index is 13.0. The summed E-state index contributed by atoms with van der Waals surface area (Å²) >= 11 is 0. The summed E-state index contributed by atoms with van der Waals surface area (Å²) in [7, 11) is -4.08. The number of amides is 1. The Hall–Kier alpha value is -2.88. The SMILES string of the molecule is Cc1ccn2cc(C(=O)NCCC(C)(C)S(=O)(=O)c3cccc(C(F)(F)F)c3)nc2c1. The molecular formula is C21H22F3N3O3S. The molecule has 0 saturated heterocycles. The topological polar surface area (TPSA) is 80.5 Å². The number of carbonyl (C=O) groups excluding carboxylic acids is 1. The van der Waals surface area contributed by atoms with Gasteiger partial charge >= 0.3 is 6.18 Å². The highest BCUT2D eigenvalue weighted by atomic mass is 32.2. The molecule has 31 heavy (non-hydrogen) atoms. The van der Waals surface area contributed by atoms with E-state index in [1.54, 1.807) is 16.8 Å². The number of aromatic nitrogens is 2. The molecule has 0 aliphatic heterocycles. The number of fused-ring (bicyclic) bond motifs is 1. The second-order valence-corrected chi connectivity index (χ2v) is 10.5. The molecule has 0 bridgehead atoms. The highest BCUT2D eigenvalue weighted by molar-refractivity contribution is 7.92. The van der Waals surface area contributed by atoms with Crippen LogP contribution in [0.4, 0.5) is 13.2 Å². The molecule has 0 aliphatic rings. The number of hydrogen-bond acceptors (Lipinski definition) is 4. The summed E-state index contributed by atoms with van der Waals surface area (Å²) in [6.45, 7) is 4.75. The van der Waals surface area contributed by atoms with Gasteiger partial charge in [0.05, 0.1) is 15.2 Å². The summed E-state index contributed by atoms with van der Waals surface area (Å²) in [5.41, 5.74) is 0.758. The predicted molar refractivity (Wildman–Crippen MR) is 110 cm³/mol. The van der Waals surface area contributed by atoms with Crippen LogP contribution in [-0.2, 0) is 16.0 Å². The number of nitrogens with one attached hydrogen (secondary N) is 1. The van der Waals surface area contributed by atoms with Crippen LogP contribution < -0.4 is 5.32 Å². The fourth-order valence-corrected chi connectivity index (χ4v) is 4.60. The fourth-order valence-electron chi connectivity index (χ4n) is 3.05. The van der Waals surface area contributed by atoms with Crippen LogP contribution in [0.5, 0.6) is 0 Å². The largest absolute Gasteiger partial charge is 0.416 e. The van der Waals surface area contributed by atoms with Crippen molar-refractivity contribution >= 4 is 21.4 Å². The number of benzene rings is 1. The number of alkyl halides is 3. The Labute approximate surface area is 178 Å². The van der Waals surface area contributed by atoms with Gasteiger partial charge in [0.1, 0.15) is 11.3 Å². The van der Waals surface area contributed by atoms with Crippen molar-refractivity contribution < 1.29 is 26.4 Å². The van der Waals surface area contributed by atoms with Crippen LogP contribution in [0.3, 0.4) is 0 Å². The number of halogens is 3. The van der Waals surface area contributed by atoms with E-state index in [0.29, 0.717) is 11.7 Å². The van der Waals surface area contributed by atoms with Gasteiger partial charge in [-0.1, -0.05) is 6.07 Å². The molecule has 6 nitrogen and oxygen atoms in total. The molecular weight excluding hydrogens is 431 g/mol. The third-order valence-corrected chi connectivity index (χ3v) is 7.59.